The van der Waals surface area contributed by atoms with Gasteiger partial charge in [-0.05, 0) is 24.1 Å². The zero-order valence-electron chi connectivity index (χ0n) is 10.7. The third-order valence-electron chi connectivity index (χ3n) is 2.94. The highest BCUT2D eigenvalue weighted by Gasteiger charge is 2.48. The van der Waals surface area contributed by atoms with Crippen molar-refractivity contribution in [1.82, 2.24) is 0 Å². The van der Waals surface area contributed by atoms with E-state index in [1.165, 1.54) is 19.2 Å². The maximum atomic E-state index is 11.3. The molecule has 1 aromatic carbocycles. The molecule has 0 bridgehead atoms. The van der Waals surface area contributed by atoms with Crippen molar-refractivity contribution in [3.8, 4) is 5.75 Å². The van der Waals surface area contributed by atoms with Crippen molar-refractivity contribution >= 4 is 17.9 Å². The maximum absolute atomic E-state index is 11.3. The minimum absolute atomic E-state index is 0.400. The predicted molar refractivity (Wildman–Crippen MR) is 66.7 cm³/mol. The van der Waals surface area contributed by atoms with Crippen molar-refractivity contribution in [3.63, 3.8) is 0 Å². The van der Waals surface area contributed by atoms with Crippen LogP contribution in [-0.2, 0) is 20.8 Å². The topological polar surface area (TPSA) is 121 Å². The molecule has 0 saturated carbocycles. The molecule has 0 fully saturated rings. The average Bonchev–Trinajstić information content (AvgIpc) is 2.37. The number of carboxylic acids is 3. The van der Waals surface area contributed by atoms with Gasteiger partial charge in [-0.3, -0.25) is 14.4 Å². The lowest BCUT2D eigenvalue weighted by Crippen LogP contribution is -2.43. The molecular formula is C13H14O7. The highest BCUT2D eigenvalue weighted by Crippen LogP contribution is 2.29. The van der Waals surface area contributed by atoms with Crippen LogP contribution >= 0.6 is 0 Å². The first-order valence-electron chi connectivity index (χ1n) is 5.63. The normalized spacial score (nSPS) is 10.8. The summed E-state index contributed by atoms with van der Waals surface area (Å²) in [5, 5.41) is 27.0. The first kappa shape index (κ1) is 15.5. The molecule has 0 aliphatic rings. The lowest BCUT2D eigenvalue weighted by atomic mass is 9.78. The molecule has 108 valence electrons. The molecule has 7 nitrogen and oxygen atoms in total. The smallest absolute Gasteiger partial charge is 0.322 e. The van der Waals surface area contributed by atoms with E-state index in [2.05, 4.69) is 0 Å². The van der Waals surface area contributed by atoms with Crippen LogP contribution in [0.2, 0.25) is 0 Å². The van der Waals surface area contributed by atoms with Gasteiger partial charge in [0.2, 0.25) is 0 Å². The van der Waals surface area contributed by atoms with Gasteiger partial charge in [0.1, 0.15) is 5.75 Å². The van der Waals surface area contributed by atoms with Gasteiger partial charge in [0.15, 0.2) is 5.41 Å². The fourth-order valence-corrected chi connectivity index (χ4v) is 1.81. The SMILES string of the molecule is COc1ccc(CC(CC(=O)O)(C(=O)O)C(=O)O)cc1. The molecule has 3 N–H and O–H groups in total. The van der Waals surface area contributed by atoms with E-state index < -0.39 is 36.2 Å². The first-order valence-corrected chi connectivity index (χ1v) is 5.63. The summed E-state index contributed by atoms with van der Waals surface area (Å²) in [7, 11) is 1.46. The molecule has 1 rings (SSSR count). The van der Waals surface area contributed by atoms with Crippen LogP contribution in [-0.4, -0.2) is 40.3 Å². The van der Waals surface area contributed by atoms with Crippen LogP contribution in [0.5, 0.6) is 5.75 Å². The van der Waals surface area contributed by atoms with Crippen molar-refractivity contribution in [1.29, 1.82) is 0 Å². The standard InChI is InChI=1S/C13H14O7/c1-20-9-4-2-8(3-5-9)6-13(11(16)17,12(18)19)7-10(14)15/h2-5H,6-7H2,1H3,(H,14,15)(H,16,17)(H,18,19). The van der Waals surface area contributed by atoms with Gasteiger partial charge in [-0.1, -0.05) is 12.1 Å². The molecule has 0 heterocycles. The van der Waals surface area contributed by atoms with E-state index in [1.807, 2.05) is 0 Å². The highest BCUT2D eigenvalue weighted by molar-refractivity contribution is 6.01. The van der Waals surface area contributed by atoms with Gasteiger partial charge in [-0.15, -0.1) is 0 Å². The van der Waals surface area contributed by atoms with Crippen LogP contribution < -0.4 is 4.74 Å². The van der Waals surface area contributed by atoms with Gasteiger partial charge in [0.05, 0.1) is 13.5 Å². The maximum Gasteiger partial charge on any atom is 0.322 e. The van der Waals surface area contributed by atoms with Crippen molar-refractivity contribution in [3.05, 3.63) is 29.8 Å². The zero-order chi connectivity index (χ0) is 15.3. The molecule has 0 unspecified atom stereocenters. The molecule has 0 aliphatic carbocycles. The minimum atomic E-state index is -2.39. The number of carbonyl (C=O) groups is 3. The number of aliphatic carboxylic acids is 3. The Hall–Kier alpha value is -2.57. The number of hydrogen-bond acceptors (Lipinski definition) is 4. The van der Waals surface area contributed by atoms with Crippen LogP contribution in [0, 0.1) is 5.41 Å². The average molecular weight is 282 g/mol. The number of benzene rings is 1. The largest absolute Gasteiger partial charge is 0.497 e. The summed E-state index contributed by atoms with van der Waals surface area (Å²) >= 11 is 0. The number of ether oxygens (including phenoxy) is 1. The molecule has 7 heteroatoms. The minimum Gasteiger partial charge on any atom is -0.497 e. The zero-order valence-corrected chi connectivity index (χ0v) is 10.7. The van der Waals surface area contributed by atoms with E-state index in [0.29, 0.717) is 11.3 Å². The van der Waals surface area contributed by atoms with Crippen LogP contribution in [0.3, 0.4) is 0 Å². The Morgan fingerprint density at radius 3 is 1.90 bits per heavy atom. The number of hydrogen-bond donors (Lipinski definition) is 3. The van der Waals surface area contributed by atoms with E-state index >= 15 is 0 Å². The fourth-order valence-electron chi connectivity index (χ4n) is 1.81. The molecular weight excluding hydrogens is 268 g/mol. The van der Waals surface area contributed by atoms with E-state index in [4.69, 9.17) is 20.1 Å². The van der Waals surface area contributed by atoms with Gasteiger partial charge >= 0.3 is 17.9 Å². The van der Waals surface area contributed by atoms with Crippen LogP contribution in [0.25, 0.3) is 0 Å². The summed E-state index contributed by atoms with van der Waals surface area (Å²) in [4.78, 5) is 33.3. The second kappa shape index (κ2) is 6.05. The lowest BCUT2D eigenvalue weighted by Gasteiger charge is -2.23. The van der Waals surface area contributed by atoms with Crippen molar-refractivity contribution in [2.45, 2.75) is 12.8 Å². The lowest BCUT2D eigenvalue weighted by molar-refractivity contribution is -0.169. The van der Waals surface area contributed by atoms with Gasteiger partial charge in [-0.2, -0.15) is 0 Å². The second-order valence-electron chi connectivity index (χ2n) is 4.29. The molecule has 0 spiro atoms. The molecule has 0 saturated heterocycles. The summed E-state index contributed by atoms with van der Waals surface area (Å²) in [5.74, 6) is -4.31. The summed E-state index contributed by atoms with van der Waals surface area (Å²) in [6.07, 6.45) is -1.42. The van der Waals surface area contributed by atoms with Gasteiger partial charge in [0, 0.05) is 0 Å². The highest BCUT2D eigenvalue weighted by atomic mass is 16.5. The van der Waals surface area contributed by atoms with Crippen LogP contribution in [0.15, 0.2) is 24.3 Å². The molecule has 0 aliphatic heterocycles. The Morgan fingerprint density at radius 2 is 1.55 bits per heavy atom. The van der Waals surface area contributed by atoms with Crippen LogP contribution in [0.4, 0.5) is 0 Å². The summed E-state index contributed by atoms with van der Waals surface area (Å²) < 4.78 is 4.93. The summed E-state index contributed by atoms with van der Waals surface area (Å²) in [5.41, 5.74) is -1.99. The molecule has 20 heavy (non-hydrogen) atoms. The van der Waals surface area contributed by atoms with E-state index in [0.717, 1.165) is 0 Å². The molecule has 0 aromatic heterocycles. The van der Waals surface area contributed by atoms with Crippen molar-refractivity contribution in [2.24, 2.45) is 5.41 Å². The second-order valence-corrected chi connectivity index (χ2v) is 4.29. The van der Waals surface area contributed by atoms with Gasteiger partial charge in [-0.25, -0.2) is 0 Å². The number of carboxylic acid groups (broad SMARTS) is 3. The van der Waals surface area contributed by atoms with Gasteiger partial charge < -0.3 is 20.1 Å². The quantitative estimate of drug-likeness (QED) is 0.634. The Kier molecular flexibility index (Phi) is 4.68. The molecule has 0 atom stereocenters. The first-order chi connectivity index (χ1) is 9.31. The van der Waals surface area contributed by atoms with Crippen molar-refractivity contribution in [2.75, 3.05) is 7.11 Å². The monoisotopic (exact) mass is 282 g/mol. The Bertz CT molecular complexity index is 504. The molecule has 0 amide bonds. The van der Waals surface area contributed by atoms with E-state index in [-0.39, 0.29) is 0 Å². The third kappa shape index (κ3) is 3.25. The Morgan fingerprint density at radius 1 is 1.05 bits per heavy atom. The summed E-state index contributed by atoms with van der Waals surface area (Å²) in [6, 6.07) is 6.09. The number of rotatable bonds is 7. The third-order valence-corrected chi connectivity index (χ3v) is 2.94. The van der Waals surface area contributed by atoms with Crippen LogP contribution in [0.1, 0.15) is 12.0 Å². The molecule has 0 radical (unpaired) electrons. The Balaban J connectivity index is 3.13. The van der Waals surface area contributed by atoms with E-state index in [1.54, 1.807) is 12.1 Å². The predicted octanol–water partition coefficient (Wildman–Crippen LogP) is 0.868. The van der Waals surface area contributed by atoms with Gasteiger partial charge in [0.25, 0.3) is 0 Å². The summed E-state index contributed by atoms with van der Waals surface area (Å²) in [6.45, 7) is 0. The Labute approximate surface area is 114 Å². The van der Waals surface area contributed by atoms with E-state index in [9.17, 15) is 14.4 Å². The number of methoxy groups -OCH3 is 1. The fraction of sp³-hybridized carbons (Fsp3) is 0.308. The molecule has 1 aromatic rings. The van der Waals surface area contributed by atoms with Crippen molar-refractivity contribution < 1.29 is 34.4 Å².